The number of methoxy groups -OCH3 is 1. The summed E-state index contributed by atoms with van der Waals surface area (Å²) in [6, 6.07) is 17.5. The van der Waals surface area contributed by atoms with Crippen LogP contribution in [0.2, 0.25) is 0 Å². The van der Waals surface area contributed by atoms with E-state index in [0.29, 0.717) is 26.2 Å². The minimum atomic E-state index is -0.519. The second-order valence-corrected chi connectivity index (χ2v) is 7.36. The summed E-state index contributed by atoms with van der Waals surface area (Å²) in [5, 5.41) is 1.66. The molecule has 1 aliphatic heterocycles. The predicted octanol–water partition coefficient (Wildman–Crippen LogP) is 3.19. The Morgan fingerprint density at radius 3 is 2.41 bits per heavy atom. The first kappa shape index (κ1) is 20.8. The number of ether oxygens (including phenoxy) is 2. The molecule has 29 heavy (non-hydrogen) atoms. The van der Waals surface area contributed by atoms with Crippen molar-refractivity contribution in [2.24, 2.45) is 0 Å². The van der Waals surface area contributed by atoms with Gasteiger partial charge >= 0.3 is 5.97 Å². The van der Waals surface area contributed by atoms with E-state index in [4.69, 9.17) is 9.47 Å². The van der Waals surface area contributed by atoms with Gasteiger partial charge in [0.2, 0.25) is 0 Å². The number of thioether (sulfide) groups is 1. The van der Waals surface area contributed by atoms with Crippen molar-refractivity contribution in [3.05, 3.63) is 66.1 Å². The highest BCUT2D eigenvalue weighted by atomic mass is 32.2. The number of hydrogen-bond donors (Lipinski definition) is 0. The molecule has 2 aromatic rings. The molecular formula is C22H24N2O4S. The molecule has 1 heterocycles. The Hall–Kier alpha value is -2.93. The normalized spacial score (nSPS) is 14.1. The lowest BCUT2D eigenvalue weighted by atomic mass is 10.2. The van der Waals surface area contributed by atoms with Gasteiger partial charge < -0.3 is 19.3 Å². The van der Waals surface area contributed by atoms with Crippen molar-refractivity contribution < 1.29 is 19.1 Å². The van der Waals surface area contributed by atoms with Crippen molar-refractivity contribution in [3.63, 3.8) is 0 Å². The molecule has 1 amide bonds. The summed E-state index contributed by atoms with van der Waals surface area (Å²) in [5.74, 6) is 0.123. The molecule has 2 aromatic carbocycles. The van der Waals surface area contributed by atoms with Crippen LogP contribution in [-0.4, -0.2) is 56.7 Å². The highest BCUT2D eigenvalue weighted by Crippen LogP contribution is 2.28. The van der Waals surface area contributed by atoms with Gasteiger partial charge in [-0.15, -0.1) is 0 Å². The van der Waals surface area contributed by atoms with Crippen LogP contribution in [-0.2, 0) is 14.3 Å². The lowest BCUT2D eigenvalue weighted by Gasteiger charge is -2.36. The smallest absolute Gasteiger partial charge is 0.331 e. The number of benzene rings is 2. The molecule has 0 spiro atoms. The van der Waals surface area contributed by atoms with Crippen LogP contribution in [0.1, 0.15) is 0 Å². The highest BCUT2D eigenvalue weighted by Gasteiger charge is 2.23. The van der Waals surface area contributed by atoms with E-state index in [1.807, 2.05) is 54.6 Å². The van der Waals surface area contributed by atoms with Crippen LogP contribution in [0.4, 0.5) is 5.69 Å². The van der Waals surface area contributed by atoms with Gasteiger partial charge in [0, 0.05) is 37.2 Å². The topological polar surface area (TPSA) is 59.1 Å². The minimum Gasteiger partial charge on any atom is -0.495 e. The van der Waals surface area contributed by atoms with Crippen molar-refractivity contribution in [1.82, 2.24) is 4.90 Å². The summed E-state index contributed by atoms with van der Waals surface area (Å²) >= 11 is 1.42. The van der Waals surface area contributed by atoms with Crippen molar-refractivity contribution >= 4 is 29.3 Å². The quantitative estimate of drug-likeness (QED) is 0.395. The second-order valence-electron chi connectivity index (χ2n) is 6.38. The third-order valence-electron chi connectivity index (χ3n) is 4.55. The van der Waals surface area contributed by atoms with E-state index < -0.39 is 5.97 Å². The van der Waals surface area contributed by atoms with E-state index in [1.165, 1.54) is 17.8 Å². The van der Waals surface area contributed by atoms with Gasteiger partial charge in [0.25, 0.3) is 5.91 Å². The summed E-state index contributed by atoms with van der Waals surface area (Å²) < 4.78 is 10.5. The molecule has 0 aromatic heterocycles. The maximum absolute atomic E-state index is 12.3. The maximum Gasteiger partial charge on any atom is 0.331 e. The largest absolute Gasteiger partial charge is 0.495 e. The van der Waals surface area contributed by atoms with Crippen LogP contribution in [0.15, 0.2) is 71.0 Å². The number of hydrogen-bond acceptors (Lipinski definition) is 6. The SMILES string of the molecule is COc1ccccc1N1CCN(C(=O)COC(=O)/C=C/Sc2ccccc2)CC1. The fraction of sp³-hybridized carbons (Fsp3) is 0.273. The van der Waals surface area contributed by atoms with E-state index in [0.717, 1.165) is 16.3 Å². The molecule has 0 aliphatic carbocycles. The molecule has 6 nitrogen and oxygen atoms in total. The van der Waals surface area contributed by atoms with E-state index in [1.54, 1.807) is 17.4 Å². The fourth-order valence-electron chi connectivity index (χ4n) is 3.03. The van der Waals surface area contributed by atoms with Crippen molar-refractivity contribution in [3.8, 4) is 5.75 Å². The lowest BCUT2D eigenvalue weighted by Crippen LogP contribution is -2.50. The summed E-state index contributed by atoms with van der Waals surface area (Å²) in [4.78, 5) is 29.1. The number of nitrogens with zero attached hydrogens (tertiary/aromatic N) is 2. The first-order valence-electron chi connectivity index (χ1n) is 9.38. The zero-order chi connectivity index (χ0) is 20.5. The van der Waals surface area contributed by atoms with E-state index in [2.05, 4.69) is 4.90 Å². The van der Waals surface area contributed by atoms with Crippen LogP contribution in [0.25, 0.3) is 0 Å². The molecule has 3 rings (SSSR count). The Morgan fingerprint density at radius 1 is 1.00 bits per heavy atom. The first-order chi connectivity index (χ1) is 14.2. The van der Waals surface area contributed by atoms with Crippen molar-refractivity contribution in [2.45, 2.75) is 4.90 Å². The molecule has 0 atom stereocenters. The van der Waals surface area contributed by atoms with Gasteiger partial charge in [-0.3, -0.25) is 4.79 Å². The average molecular weight is 413 g/mol. The number of carbonyl (C=O) groups is 2. The zero-order valence-corrected chi connectivity index (χ0v) is 17.1. The third-order valence-corrected chi connectivity index (χ3v) is 5.36. The van der Waals surface area contributed by atoms with Gasteiger partial charge in [0.05, 0.1) is 12.8 Å². The number of anilines is 1. The summed E-state index contributed by atoms with van der Waals surface area (Å²) in [5.41, 5.74) is 1.02. The molecular weight excluding hydrogens is 388 g/mol. The molecule has 0 bridgehead atoms. The molecule has 1 saturated heterocycles. The lowest BCUT2D eigenvalue weighted by molar-refractivity contribution is -0.148. The number of piperazine rings is 1. The van der Waals surface area contributed by atoms with Gasteiger partial charge in [-0.1, -0.05) is 42.1 Å². The van der Waals surface area contributed by atoms with Crippen LogP contribution < -0.4 is 9.64 Å². The second kappa shape index (κ2) is 10.6. The highest BCUT2D eigenvalue weighted by molar-refractivity contribution is 8.02. The number of amides is 1. The Kier molecular flexibility index (Phi) is 7.58. The maximum atomic E-state index is 12.3. The minimum absolute atomic E-state index is 0.179. The number of esters is 1. The molecule has 0 unspecified atom stereocenters. The Balaban J connectivity index is 1.41. The molecule has 7 heteroatoms. The van der Waals surface area contributed by atoms with Crippen LogP contribution in [0, 0.1) is 0 Å². The fourth-order valence-corrected chi connectivity index (χ4v) is 3.68. The summed E-state index contributed by atoms with van der Waals surface area (Å²) in [6.07, 6.45) is 1.34. The van der Waals surface area contributed by atoms with E-state index in [9.17, 15) is 9.59 Å². The van der Waals surface area contributed by atoms with Gasteiger partial charge in [0.1, 0.15) is 5.75 Å². The molecule has 0 saturated carbocycles. The molecule has 1 fully saturated rings. The van der Waals surface area contributed by atoms with Crippen LogP contribution in [0.5, 0.6) is 5.75 Å². The van der Waals surface area contributed by atoms with Gasteiger partial charge in [-0.05, 0) is 29.7 Å². The monoisotopic (exact) mass is 412 g/mol. The van der Waals surface area contributed by atoms with E-state index >= 15 is 0 Å². The van der Waals surface area contributed by atoms with Crippen LogP contribution >= 0.6 is 11.8 Å². The predicted molar refractivity (Wildman–Crippen MR) is 114 cm³/mol. The Morgan fingerprint density at radius 2 is 1.69 bits per heavy atom. The molecule has 0 N–H and O–H groups in total. The number of para-hydroxylation sites is 2. The zero-order valence-electron chi connectivity index (χ0n) is 16.3. The number of rotatable bonds is 7. The van der Waals surface area contributed by atoms with Gasteiger partial charge in [0.15, 0.2) is 6.61 Å². The third kappa shape index (κ3) is 6.02. The van der Waals surface area contributed by atoms with Crippen LogP contribution in [0.3, 0.4) is 0 Å². The Labute approximate surface area is 175 Å². The van der Waals surface area contributed by atoms with Gasteiger partial charge in [-0.2, -0.15) is 0 Å². The molecule has 1 aliphatic rings. The molecule has 152 valence electrons. The average Bonchev–Trinajstić information content (AvgIpc) is 2.78. The number of carbonyl (C=O) groups excluding carboxylic acids is 2. The summed E-state index contributed by atoms with van der Waals surface area (Å²) in [7, 11) is 1.65. The Bertz CT molecular complexity index is 849. The first-order valence-corrected chi connectivity index (χ1v) is 10.3. The van der Waals surface area contributed by atoms with E-state index in [-0.39, 0.29) is 12.5 Å². The summed E-state index contributed by atoms with van der Waals surface area (Å²) in [6.45, 7) is 2.32. The van der Waals surface area contributed by atoms with Gasteiger partial charge in [-0.25, -0.2) is 4.79 Å². The standard InChI is InChI=1S/C22H24N2O4S/c1-27-20-10-6-5-9-19(20)23-12-14-24(15-13-23)21(25)17-28-22(26)11-16-29-18-7-3-2-4-8-18/h2-11,16H,12-15,17H2,1H3/b16-11+. The molecule has 0 radical (unpaired) electrons. The van der Waals surface area contributed by atoms with Crippen molar-refractivity contribution in [2.75, 3.05) is 44.8 Å². The van der Waals surface area contributed by atoms with Crippen molar-refractivity contribution in [1.29, 1.82) is 0 Å².